The van der Waals surface area contributed by atoms with Crippen molar-refractivity contribution in [1.29, 1.82) is 0 Å². The van der Waals surface area contributed by atoms with Crippen molar-refractivity contribution >= 4 is 34.1 Å². The van der Waals surface area contributed by atoms with E-state index in [2.05, 4.69) is 4.99 Å². The maximum absolute atomic E-state index is 10.7. The van der Waals surface area contributed by atoms with Gasteiger partial charge in [-0.15, -0.1) is 11.8 Å². The minimum atomic E-state index is -0.433. The number of nitro groups is 1. The second-order valence-electron chi connectivity index (χ2n) is 5.47. The molecule has 6 nitrogen and oxygen atoms in total. The van der Waals surface area contributed by atoms with Crippen LogP contribution in [0.1, 0.15) is 18.1 Å². The molecule has 0 saturated heterocycles. The lowest BCUT2D eigenvalue weighted by Crippen LogP contribution is -2.03. The van der Waals surface area contributed by atoms with E-state index in [1.807, 2.05) is 19.1 Å². The zero-order chi connectivity index (χ0) is 18.5. The van der Waals surface area contributed by atoms with Crippen LogP contribution in [0, 0.1) is 10.1 Å². The number of nitro benzene ring substituents is 1. The van der Waals surface area contributed by atoms with Crippen LogP contribution in [0.2, 0.25) is 5.02 Å². The summed E-state index contributed by atoms with van der Waals surface area (Å²) in [6.45, 7) is 3.41. The van der Waals surface area contributed by atoms with E-state index in [1.165, 1.54) is 12.1 Å². The van der Waals surface area contributed by atoms with E-state index < -0.39 is 4.92 Å². The monoisotopic (exact) mass is 392 g/mol. The van der Waals surface area contributed by atoms with Crippen LogP contribution in [-0.2, 0) is 6.61 Å². The molecule has 0 aliphatic carbocycles. The summed E-state index contributed by atoms with van der Waals surface area (Å²) < 4.78 is 11.5. The van der Waals surface area contributed by atoms with E-state index in [-0.39, 0.29) is 12.3 Å². The first-order valence-corrected chi connectivity index (χ1v) is 9.45. The van der Waals surface area contributed by atoms with Crippen molar-refractivity contribution in [2.75, 3.05) is 18.9 Å². The molecule has 0 radical (unpaired) electrons. The molecule has 8 heteroatoms. The molecule has 26 heavy (non-hydrogen) atoms. The maximum atomic E-state index is 10.7. The lowest BCUT2D eigenvalue weighted by molar-refractivity contribution is -0.384. The predicted octanol–water partition coefficient (Wildman–Crippen LogP) is 4.72. The van der Waals surface area contributed by atoms with Gasteiger partial charge in [-0.1, -0.05) is 11.6 Å². The van der Waals surface area contributed by atoms with Gasteiger partial charge < -0.3 is 9.47 Å². The van der Waals surface area contributed by atoms with Crippen LogP contribution in [0.25, 0.3) is 0 Å². The van der Waals surface area contributed by atoms with Crippen LogP contribution in [0.3, 0.4) is 0 Å². The number of nitrogens with zero attached hydrogens (tertiary/aromatic N) is 2. The Balaban J connectivity index is 1.80. The summed E-state index contributed by atoms with van der Waals surface area (Å²) >= 11 is 8.11. The van der Waals surface area contributed by atoms with Crippen molar-refractivity contribution in [1.82, 2.24) is 0 Å². The number of ether oxygens (including phenoxy) is 2. The fraction of sp³-hybridized carbons (Fsp3) is 0.278. The van der Waals surface area contributed by atoms with Crippen LogP contribution in [-0.4, -0.2) is 28.9 Å². The quantitative estimate of drug-likeness (QED) is 0.503. The molecule has 1 aliphatic rings. The second-order valence-corrected chi connectivity index (χ2v) is 6.96. The van der Waals surface area contributed by atoms with Crippen LogP contribution in [0.4, 0.5) is 5.69 Å². The third-order valence-electron chi connectivity index (χ3n) is 3.67. The highest BCUT2D eigenvalue weighted by Gasteiger charge is 2.17. The normalized spacial score (nSPS) is 13.4. The van der Waals surface area contributed by atoms with Crippen molar-refractivity contribution in [2.24, 2.45) is 4.99 Å². The molecule has 0 bridgehead atoms. The summed E-state index contributed by atoms with van der Waals surface area (Å²) in [5.41, 5.74) is 1.76. The largest absolute Gasteiger partial charge is 0.490 e. The summed E-state index contributed by atoms with van der Waals surface area (Å²) in [7, 11) is 0. The first kappa shape index (κ1) is 18.5. The van der Waals surface area contributed by atoms with E-state index in [1.54, 1.807) is 23.9 Å². The molecule has 2 aromatic carbocycles. The summed E-state index contributed by atoms with van der Waals surface area (Å²) in [4.78, 5) is 14.8. The molecule has 3 rings (SSSR count). The third kappa shape index (κ3) is 4.28. The third-order valence-corrected chi connectivity index (χ3v) is 4.98. The van der Waals surface area contributed by atoms with Crippen molar-refractivity contribution in [3.63, 3.8) is 0 Å². The van der Waals surface area contributed by atoms with Crippen LogP contribution in [0.5, 0.6) is 11.5 Å². The minimum Gasteiger partial charge on any atom is -0.490 e. The number of benzene rings is 2. The molecule has 1 heterocycles. The van der Waals surface area contributed by atoms with E-state index in [0.29, 0.717) is 23.1 Å². The lowest BCUT2D eigenvalue weighted by atomic mass is 10.2. The molecule has 1 aliphatic heterocycles. The Hall–Kier alpha value is -2.25. The van der Waals surface area contributed by atoms with Gasteiger partial charge in [0.05, 0.1) is 21.6 Å². The Kier molecular flexibility index (Phi) is 6.00. The van der Waals surface area contributed by atoms with Gasteiger partial charge in [-0.05, 0) is 36.8 Å². The van der Waals surface area contributed by atoms with Gasteiger partial charge in [0.1, 0.15) is 6.61 Å². The van der Waals surface area contributed by atoms with Gasteiger partial charge in [-0.25, -0.2) is 0 Å². The van der Waals surface area contributed by atoms with Gasteiger partial charge in [-0.2, -0.15) is 0 Å². The van der Waals surface area contributed by atoms with E-state index in [9.17, 15) is 10.1 Å². The predicted molar refractivity (Wildman–Crippen MR) is 104 cm³/mol. The van der Waals surface area contributed by atoms with Crippen molar-refractivity contribution in [3.8, 4) is 11.5 Å². The highest BCUT2D eigenvalue weighted by Crippen LogP contribution is 2.38. The zero-order valence-corrected chi connectivity index (χ0v) is 15.7. The van der Waals surface area contributed by atoms with Crippen molar-refractivity contribution < 1.29 is 14.4 Å². The summed E-state index contributed by atoms with van der Waals surface area (Å²) in [6, 6.07) is 9.92. The van der Waals surface area contributed by atoms with Gasteiger partial charge in [0, 0.05) is 30.0 Å². The number of thioether (sulfide) groups is 1. The molecule has 2 aromatic rings. The number of halogens is 1. The molecule has 0 unspecified atom stereocenters. The zero-order valence-electron chi connectivity index (χ0n) is 14.1. The number of aliphatic imine (C=N–C) groups is 1. The average Bonchev–Trinajstić information content (AvgIpc) is 3.16. The van der Waals surface area contributed by atoms with Crippen molar-refractivity contribution in [3.05, 3.63) is 62.7 Å². The first-order chi connectivity index (χ1) is 12.6. The molecule has 0 spiro atoms. The van der Waals surface area contributed by atoms with E-state index in [0.717, 1.165) is 28.5 Å². The van der Waals surface area contributed by atoms with Gasteiger partial charge in [0.15, 0.2) is 11.5 Å². The summed E-state index contributed by atoms with van der Waals surface area (Å²) in [5.74, 6) is 1.99. The Morgan fingerprint density at radius 3 is 2.65 bits per heavy atom. The summed E-state index contributed by atoms with van der Waals surface area (Å²) in [5, 5.41) is 12.1. The molecule has 0 aromatic heterocycles. The minimum absolute atomic E-state index is 0.0426. The molecule has 0 saturated carbocycles. The SMILES string of the molecule is CCOc1cc(C2=NCCS2)cc(Cl)c1OCc1ccc([N+](=O)[O-])cc1. The molecule has 0 amide bonds. The molecular weight excluding hydrogens is 376 g/mol. The Morgan fingerprint density at radius 1 is 1.27 bits per heavy atom. The summed E-state index contributed by atoms with van der Waals surface area (Å²) in [6.07, 6.45) is 0. The fourth-order valence-corrected chi connectivity index (χ4v) is 3.58. The number of hydrogen-bond donors (Lipinski definition) is 0. The van der Waals surface area contributed by atoms with Crippen LogP contribution >= 0.6 is 23.4 Å². The smallest absolute Gasteiger partial charge is 0.269 e. The van der Waals surface area contributed by atoms with Gasteiger partial charge in [0.2, 0.25) is 0 Å². The van der Waals surface area contributed by atoms with Crippen LogP contribution in [0.15, 0.2) is 41.4 Å². The molecule has 136 valence electrons. The Morgan fingerprint density at radius 2 is 2.04 bits per heavy atom. The topological polar surface area (TPSA) is 74.0 Å². The fourth-order valence-electron chi connectivity index (χ4n) is 2.47. The maximum Gasteiger partial charge on any atom is 0.269 e. The average molecular weight is 393 g/mol. The second kappa shape index (κ2) is 8.42. The van der Waals surface area contributed by atoms with E-state index in [4.69, 9.17) is 21.1 Å². The van der Waals surface area contributed by atoms with Gasteiger partial charge >= 0.3 is 0 Å². The Labute approximate surface area is 160 Å². The number of non-ortho nitro benzene ring substituents is 1. The van der Waals surface area contributed by atoms with Gasteiger partial charge in [0.25, 0.3) is 5.69 Å². The molecule has 0 fully saturated rings. The lowest BCUT2D eigenvalue weighted by Gasteiger charge is -2.15. The highest BCUT2D eigenvalue weighted by molar-refractivity contribution is 8.14. The van der Waals surface area contributed by atoms with Crippen LogP contribution < -0.4 is 9.47 Å². The Bertz CT molecular complexity index is 840. The van der Waals surface area contributed by atoms with Gasteiger partial charge in [-0.3, -0.25) is 15.1 Å². The molecule has 0 atom stereocenters. The first-order valence-electron chi connectivity index (χ1n) is 8.08. The molecule has 0 N–H and O–H groups in total. The van der Waals surface area contributed by atoms with E-state index >= 15 is 0 Å². The molecular formula is C18H17ClN2O4S. The van der Waals surface area contributed by atoms with Crippen molar-refractivity contribution in [2.45, 2.75) is 13.5 Å². The highest BCUT2D eigenvalue weighted by atomic mass is 35.5. The standard InChI is InChI=1S/C18H17ClN2O4S/c1-2-24-16-10-13(18-20-7-8-26-18)9-15(19)17(16)25-11-12-3-5-14(6-4-12)21(22)23/h3-6,9-10H,2,7-8,11H2,1H3. The number of rotatable bonds is 7. The number of hydrogen-bond acceptors (Lipinski definition) is 6.